The Balaban J connectivity index is 1.28. The number of hydrogen-bond acceptors (Lipinski definition) is 8. The van der Waals surface area contributed by atoms with Crippen molar-refractivity contribution in [1.82, 2.24) is 35.3 Å². The van der Waals surface area contributed by atoms with Crippen LogP contribution in [0.25, 0.3) is 22.3 Å². The van der Waals surface area contributed by atoms with Crippen LogP contribution < -0.4 is 10.2 Å². The van der Waals surface area contributed by atoms with E-state index in [1.807, 2.05) is 41.3 Å². The maximum absolute atomic E-state index is 12.6. The fourth-order valence-corrected chi connectivity index (χ4v) is 4.11. The Bertz CT molecular complexity index is 1250. The van der Waals surface area contributed by atoms with Gasteiger partial charge in [0.2, 0.25) is 0 Å². The van der Waals surface area contributed by atoms with Gasteiger partial charge in [0.15, 0.2) is 10.8 Å². The molecule has 1 aliphatic heterocycles. The number of carbonyl (C=O) groups excluding carboxylic acids is 1. The summed E-state index contributed by atoms with van der Waals surface area (Å²) >= 11 is 1.50. The summed E-state index contributed by atoms with van der Waals surface area (Å²) in [5.41, 5.74) is 2.87. The van der Waals surface area contributed by atoms with Crippen molar-refractivity contribution in [3.63, 3.8) is 0 Å². The molecule has 10 nitrogen and oxygen atoms in total. The van der Waals surface area contributed by atoms with Crippen LogP contribution in [0.15, 0.2) is 47.8 Å². The number of aromatic amines is 1. The van der Waals surface area contributed by atoms with Crippen molar-refractivity contribution in [2.24, 2.45) is 0 Å². The molecule has 1 aliphatic rings. The van der Waals surface area contributed by atoms with Crippen molar-refractivity contribution in [1.29, 1.82) is 0 Å². The van der Waals surface area contributed by atoms with E-state index in [0.29, 0.717) is 37.2 Å². The van der Waals surface area contributed by atoms with Crippen LogP contribution in [0.3, 0.4) is 0 Å². The Hall–Kier alpha value is -3.44. The molecule has 170 valence electrons. The second-order valence-electron chi connectivity index (χ2n) is 7.53. The lowest BCUT2D eigenvalue weighted by atomic mass is 10.1. The third-order valence-corrected chi connectivity index (χ3v) is 6.00. The number of thioether (sulfide) groups is 1. The molecule has 0 radical (unpaired) electrons. The lowest BCUT2D eigenvalue weighted by molar-refractivity contribution is 0.0947. The van der Waals surface area contributed by atoms with E-state index < -0.39 is 0 Å². The van der Waals surface area contributed by atoms with Crippen LogP contribution in [0.1, 0.15) is 10.5 Å². The Labute approximate surface area is 194 Å². The van der Waals surface area contributed by atoms with Gasteiger partial charge in [-0.25, -0.2) is 14.6 Å². The van der Waals surface area contributed by atoms with E-state index in [0.717, 1.165) is 41.2 Å². The number of rotatable bonds is 7. The van der Waals surface area contributed by atoms with Gasteiger partial charge in [-0.05, 0) is 12.3 Å². The van der Waals surface area contributed by atoms with Gasteiger partial charge in [0.25, 0.3) is 5.91 Å². The number of nitrogens with one attached hydrogen (secondary N) is 2. The maximum atomic E-state index is 12.6. The summed E-state index contributed by atoms with van der Waals surface area (Å²) < 4.78 is 7.28. The zero-order valence-electron chi connectivity index (χ0n) is 18.2. The van der Waals surface area contributed by atoms with Crippen molar-refractivity contribution in [3.8, 4) is 11.3 Å². The number of anilines is 1. The van der Waals surface area contributed by atoms with Crippen LogP contribution >= 0.6 is 11.8 Å². The number of carbonyl (C=O) groups is 1. The smallest absolute Gasteiger partial charge is 0.269 e. The summed E-state index contributed by atoms with van der Waals surface area (Å²) in [7, 11) is 0. The third-order valence-electron chi connectivity index (χ3n) is 5.45. The van der Waals surface area contributed by atoms with Crippen molar-refractivity contribution in [2.45, 2.75) is 11.7 Å². The molecule has 0 spiro atoms. The molecule has 11 heteroatoms. The Kier molecular flexibility index (Phi) is 6.22. The second-order valence-corrected chi connectivity index (χ2v) is 8.30. The molecule has 0 bridgehead atoms. The first-order valence-corrected chi connectivity index (χ1v) is 11.9. The summed E-state index contributed by atoms with van der Waals surface area (Å²) in [6, 6.07) is 11.5. The maximum Gasteiger partial charge on any atom is 0.269 e. The highest BCUT2D eigenvalue weighted by Gasteiger charge is 2.20. The van der Waals surface area contributed by atoms with E-state index in [1.54, 1.807) is 12.3 Å². The van der Waals surface area contributed by atoms with E-state index in [-0.39, 0.29) is 5.91 Å². The molecular formula is C22H24N8O2S. The standard InChI is InChI=1S/C22H24N8O2S/c1-33-22-25-19(29-9-11-32-12-10-29)16-14-24-30(20(16)26-22)8-7-23-21(31)18-13-17(27-28-18)15-5-3-2-4-6-15/h2-6,13-14H,7-12H2,1H3,(H,23,31)(H,27,28). The molecule has 0 saturated carbocycles. The summed E-state index contributed by atoms with van der Waals surface area (Å²) in [6.45, 7) is 3.83. The SMILES string of the molecule is CSc1nc(N2CCOCC2)c2cnn(CCNC(=O)c3cc(-c4ccccc4)n[nH]3)c2n1. The number of hydrogen-bond donors (Lipinski definition) is 2. The molecule has 4 heterocycles. The van der Waals surface area contributed by atoms with Crippen molar-refractivity contribution >= 4 is 34.5 Å². The Morgan fingerprint density at radius 2 is 2.03 bits per heavy atom. The van der Waals surface area contributed by atoms with Gasteiger partial charge in [-0.2, -0.15) is 10.2 Å². The molecule has 1 aromatic carbocycles. The quantitative estimate of drug-likeness (QED) is 0.316. The van der Waals surface area contributed by atoms with Gasteiger partial charge in [0.05, 0.1) is 37.0 Å². The first kappa shape index (κ1) is 21.4. The molecule has 0 aliphatic carbocycles. The van der Waals surface area contributed by atoms with Gasteiger partial charge < -0.3 is 15.0 Å². The molecule has 3 aromatic heterocycles. The van der Waals surface area contributed by atoms with E-state index in [1.165, 1.54) is 11.8 Å². The first-order chi connectivity index (χ1) is 16.2. The minimum atomic E-state index is -0.213. The van der Waals surface area contributed by atoms with Crippen LogP contribution in [0.5, 0.6) is 0 Å². The molecule has 1 fully saturated rings. The van der Waals surface area contributed by atoms with Crippen LogP contribution in [-0.2, 0) is 11.3 Å². The zero-order chi connectivity index (χ0) is 22.6. The van der Waals surface area contributed by atoms with Gasteiger partial charge in [-0.3, -0.25) is 9.89 Å². The van der Waals surface area contributed by atoms with Crippen molar-refractivity contribution in [3.05, 3.63) is 48.3 Å². The Morgan fingerprint density at radius 3 is 2.82 bits per heavy atom. The highest BCUT2D eigenvalue weighted by atomic mass is 32.2. The minimum Gasteiger partial charge on any atom is -0.378 e. The number of amides is 1. The van der Waals surface area contributed by atoms with Gasteiger partial charge in [-0.1, -0.05) is 42.1 Å². The van der Waals surface area contributed by atoms with Crippen molar-refractivity contribution < 1.29 is 9.53 Å². The highest BCUT2D eigenvalue weighted by Crippen LogP contribution is 2.27. The summed E-state index contributed by atoms with van der Waals surface area (Å²) in [5, 5.41) is 16.1. The highest BCUT2D eigenvalue weighted by molar-refractivity contribution is 7.98. The molecule has 0 unspecified atom stereocenters. The lowest BCUT2D eigenvalue weighted by Crippen LogP contribution is -2.37. The molecular weight excluding hydrogens is 440 g/mol. The number of nitrogens with zero attached hydrogens (tertiary/aromatic N) is 6. The topological polar surface area (TPSA) is 114 Å². The lowest BCUT2D eigenvalue weighted by Gasteiger charge is -2.28. The summed E-state index contributed by atoms with van der Waals surface area (Å²) in [4.78, 5) is 24.2. The number of aromatic nitrogens is 6. The summed E-state index contributed by atoms with van der Waals surface area (Å²) in [6.07, 6.45) is 3.76. The molecule has 1 saturated heterocycles. The fourth-order valence-electron chi connectivity index (χ4n) is 3.76. The van der Waals surface area contributed by atoms with E-state index >= 15 is 0 Å². The predicted molar refractivity (Wildman–Crippen MR) is 126 cm³/mol. The predicted octanol–water partition coefficient (Wildman–Crippen LogP) is 2.20. The van der Waals surface area contributed by atoms with E-state index in [2.05, 4.69) is 30.5 Å². The minimum absolute atomic E-state index is 0.213. The van der Waals surface area contributed by atoms with Crippen LogP contribution in [0, 0.1) is 0 Å². The third kappa shape index (κ3) is 4.55. The molecule has 2 N–H and O–H groups in total. The average Bonchev–Trinajstić information content (AvgIpc) is 3.52. The fraction of sp³-hybridized carbons (Fsp3) is 0.318. The largest absolute Gasteiger partial charge is 0.378 e. The monoisotopic (exact) mass is 464 g/mol. The molecule has 0 atom stereocenters. The van der Waals surface area contributed by atoms with Gasteiger partial charge in [-0.15, -0.1) is 0 Å². The van der Waals surface area contributed by atoms with Crippen molar-refractivity contribution in [2.75, 3.05) is 44.0 Å². The molecule has 5 rings (SSSR count). The van der Waals surface area contributed by atoms with Crippen LogP contribution in [0.4, 0.5) is 5.82 Å². The number of morpholine rings is 1. The van der Waals surface area contributed by atoms with Gasteiger partial charge in [0.1, 0.15) is 11.5 Å². The number of benzene rings is 1. The molecule has 1 amide bonds. The van der Waals surface area contributed by atoms with E-state index in [9.17, 15) is 4.79 Å². The molecule has 33 heavy (non-hydrogen) atoms. The Morgan fingerprint density at radius 1 is 1.21 bits per heavy atom. The average molecular weight is 465 g/mol. The normalized spacial score (nSPS) is 14.0. The van der Waals surface area contributed by atoms with Crippen LogP contribution in [-0.4, -0.2) is 75.0 Å². The summed E-state index contributed by atoms with van der Waals surface area (Å²) in [5.74, 6) is 0.670. The van der Waals surface area contributed by atoms with E-state index in [4.69, 9.17) is 9.72 Å². The number of H-pyrrole nitrogens is 1. The van der Waals surface area contributed by atoms with Gasteiger partial charge >= 0.3 is 0 Å². The van der Waals surface area contributed by atoms with Gasteiger partial charge in [0, 0.05) is 25.2 Å². The number of fused-ring (bicyclic) bond motifs is 1. The first-order valence-electron chi connectivity index (χ1n) is 10.7. The molecule has 4 aromatic rings. The zero-order valence-corrected chi connectivity index (χ0v) is 19.0. The second kappa shape index (κ2) is 9.59. The number of ether oxygens (including phenoxy) is 1. The van der Waals surface area contributed by atoms with Crippen LogP contribution in [0.2, 0.25) is 0 Å².